The minimum absolute atomic E-state index is 0.0673. The van der Waals surface area contributed by atoms with Crippen molar-refractivity contribution in [3.63, 3.8) is 0 Å². The fourth-order valence-electron chi connectivity index (χ4n) is 1.82. The van der Waals surface area contributed by atoms with Gasteiger partial charge in [-0.2, -0.15) is 18.4 Å². The van der Waals surface area contributed by atoms with Crippen molar-refractivity contribution in [3.8, 4) is 6.07 Å². The highest BCUT2D eigenvalue weighted by molar-refractivity contribution is 5.54. The molecule has 3 N–H and O–H groups in total. The van der Waals surface area contributed by atoms with E-state index < -0.39 is 17.4 Å². The Hall–Kier alpha value is -1.81. The molecule has 0 aromatic carbocycles. The minimum Gasteiger partial charge on any atom is -0.362 e. The third kappa shape index (κ3) is 3.39. The normalized spacial score (nSPS) is 12.1. The van der Waals surface area contributed by atoms with Crippen LogP contribution in [-0.4, -0.2) is 17.1 Å². The van der Waals surface area contributed by atoms with Crippen LogP contribution in [0.5, 0.6) is 0 Å². The van der Waals surface area contributed by atoms with E-state index in [4.69, 9.17) is 11.0 Å². The van der Waals surface area contributed by atoms with E-state index in [1.807, 2.05) is 19.9 Å². The number of alkyl halides is 3. The third-order valence-corrected chi connectivity index (χ3v) is 3.43. The van der Waals surface area contributed by atoms with Gasteiger partial charge < -0.3 is 11.1 Å². The topological polar surface area (TPSA) is 74.7 Å². The van der Waals surface area contributed by atoms with Crippen molar-refractivity contribution >= 4 is 5.82 Å². The molecule has 0 atom stereocenters. The summed E-state index contributed by atoms with van der Waals surface area (Å²) in [6.45, 7) is 3.99. The lowest BCUT2D eigenvalue weighted by molar-refractivity contribution is -0.141. The Morgan fingerprint density at radius 2 is 1.90 bits per heavy atom. The van der Waals surface area contributed by atoms with Gasteiger partial charge >= 0.3 is 6.18 Å². The molecule has 110 valence electrons. The van der Waals surface area contributed by atoms with Gasteiger partial charge in [0.15, 0.2) is 0 Å². The van der Waals surface area contributed by atoms with Gasteiger partial charge in [-0.25, -0.2) is 4.98 Å². The van der Waals surface area contributed by atoms with Crippen molar-refractivity contribution in [1.82, 2.24) is 4.98 Å². The molecule has 7 heteroatoms. The zero-order valence-corrected chi connectivity index (χ0v) is 11.4. The van der Waals surface area contributed by atoms with Crippen LogP contribution >= 0.6 is 0 Å². The number of halogens is 3. The summed E-state index contributed by atoms with van der Waals surface area (Å²) in [7, 11) is 0. The molecule has 0 aliphatic heterocycles. The zero-order chi connectivity index (χ0) is 15.4. The molecule has 0 bridgehead atoms. The van der Waals surface area contributed by atoms with Crippen LogP contribution in [0, 0.1) is 11.3 Å². The molecule has 0 saturated carbocycles. The number of hydrogen-bond acceptors (Lipinski definition) is 4. The van der Waals surface area contributed by atoms with Gasteiger partial charge in [0, 0.05) is 6.54 Å². The molecule has 0 amide bonds. The summed E-state index contributed by atoms with van der Waals surface area (Å²) in [5.74, 6) is -0.0727. The maximum atomic E-state index is 12.7. The molecular formula is C13H17F3N4. The van der Waals surface area contributed by atoms with Gasteiger partial charge in [0.2, 0.25) is 0 Å². The molecule has 4 nitrogen and oxygen atoms in total. The maximum absolute atomic E-state index is 12.7. The van der Waals surface area contributed by atoms with Crippen LogP contribution in [0.25, 0.3) is 0 Å². The highest BCUT2D eigenvalue weighted by Gasteiger charge is 2.34. The Kier molecular flexibility index (Phi) is 4.95. The van der Waals surface area contributed by atoms with Crippen molar-refractivity contribution < 1.29 is 13.2 Å². The molecule has 0 saturated heterocycles. The first-order valence-electron chi connectivity index (χ1n) is 6.28. The van der Waals surface area contributed by atoms with Gasteiger partial charge in [0.1, 0.15) is 17.6 Å². The van der Waals surface area contributed by atoms with Crippen LogP contribution < -0.4 is 11.1 Å². The van der Waals surface area contributed by atoms with Crippen LogP contribution in [0.15, 0.2) is 12.1 Å². The molecule has 0 spiro atoms. The van der Waals surface area contributed by atoms with Crippen LogP contribution in [0.2, 0.25) is 0 Å². The molecule has 20 heavy (non-hydrogen) atoms. The summed E-state index contributed by atoms with van der Waals surface area (Å²) in [6.07, 6.45) is -3.32. The smallest absolute Gasteiger partial charge is 0.362 e. The lowest BCUT2D eigenvalue weighted by atomic mass is 9.92. The quantitative estimate of drug-likeness (QED) is 0.872. The van der Waals surface area contributed by atoms with E-state index in [0.29, 0.717) is 12.8 Å². The summed E-state index contributed by atoms with van der Waals surface area (Å²) in [4.78, 5) is 3.53. The van der Waals surface area contributed by atoms with E-state index in [2.05, 4.69) is 10.3 Å². The molecule has 1 aromatic rings. The number of rotatable bonds is 5. The number of pyridine rings is 1. The van der Waals surface area contributed by atoms with Crippen molar-refractivity contribution in [1.29, 1.82) is 5.26 Å². The lowest BCUT2D eigenvalue weighted by Gasteiger charge is -2.32. The average molecular weight is 286 g/mol. The maximum Gasteiger partial charge on any atom is 0.433 e. The van der Waals surface area contributed by atoms with E-state index in [1.54, 1.807) is 0 Å². The fraction of sp³-hybridized carbons (Fsp3) is 0.538. The van der Waals surface area contributed by atoms with Gasteiger partial charge in [0.05, 0.1) is 11.1 Å². The predicted octanol–water partition coefficient (Wildman–Crippen LogP) is 2.90. The zero-order valence-electron chi connectivity index (χ0n) is 11.4. The van der Waals surface area contributed by atoms with Crippen molar-refractivity contribution in [2.45, 2.75) is 38.4 Å². The Balaban J connectivity index is 3.25. The summed E-state index contributed by atoms with van der Waals surface area (Å²) in [5.41, 5.74) is 4.17. The number of anilines is 1. The molecule has 1 rings (SSSR count). The second kappa shape index (κ2) is 6.09. The monoisotopic (exact) mass is 286 g/mol. The molecule has 1 aromatic heterocycles. The first-order chi connectivity index (χ1) is 9.31. The van der Waals surface area contributed by atoms with E-state index in [9.17, 15) is 13.2 Å². The van der Waals surface area contributed by atoms with Gasteiger partial charge in [-0.05, 0) is 25.0 Å². The molecular weight excluding hydrogens is 269 g/mol. The van der Waals surface area contributed by atoms with Gasteiger partial charge in [-0.15, -0.1) is 0 Å². The van der Waals surface area contributed by atoms with E-state index in [0.717, 1.165) is 12.1 Å². The highest BCUT2D eigenvalue weighted by Crippen LogP contribution is 2.30. The molecule has 0 aliphatic carbocycles. The third-order valence-electron chi connectivity index (χ3n) is 3.43. The summed E-state index contributed by atoms with van der Waals surface area (Å²) in [5, 5.41) is 11.9. The van der Waals surface area contributed by atoms with Crippen LogP contribution in [0.1, 0.15) is 37.9 Å². The Labute approximate surface area is 115 Å². The lowest BCUT2D eigenvalue weighted by Crippen LogP contribution is -2.45. The fourth-order valence-corrected chi connectivity index (χ4v) is 1.82. The molecule has 0 aliphatic rings. The summed E-state index contributed by atoms with van der Waals surface area (Å²) in [6, 6.07) is 3.75. The second-order valence-electron chi connectivity index (χ2n) is 4.52. The van der Waals surface area contributed by atoms with Crippen molar-refractivity contribution in [2.24, 2.45) is 5.73 Å². The van der Waals surface area contributed by atoms with Crippen LogP contribution in [0.3, 0.4) is 0 Å². The van der Waals surface area contributed by atoms with Crippen molar-refractivity contribution in [2.75, 3.05) is 11.9 Å². The Morgan fingerprint density at radius 1 is 1.30 bits per heavy atom. The predicted molar refractivity (Wildman–Crippen MR) is 69.9 cm³/mol. The van der Waals surface area contributed by atoms with E-state index >= 15 is 0 Å². The first-order valence-corrected chi connectivity index (χ1v) is 6.28. The minimum atomic E-state index is -4.55. The molecule has 0 fully saturated rings. The number of nitriles is 1. The number of nitrogens with two attached hydrogens (primary N) is 1. The van der Waals surface area contributed by atoms with Gasteiger partial charge in [0.25, 0.3) is 0 Å². The van der Waals surface area contributed by atoms with E-state index in [-0.39, 0.29) is 17.9 Å². The number of nitrogens with one attached hydrogen (secondary N) is 1. The Morgan fingerprint density at radius 3 is 2.30 bits per heavy atom. The molecule has 1 heterocycles. The van der Waals surface area contributed by atoms with Gasteiger partial charge in [-0.3, -0.25) is 0 Å². The van der Waals surface area contributed by atoms with Crippen LogP contribution in [0.4, 0.5) is 19.0 Å². The SMILES string of the molecule is CCC(CC)(CN)Nc1nc(C(F)(F)F)ccc1C#N. The highest BCUT2D eigenvalue weighted by atomic mass is 19.4. The number of nitrogens with zero attached hydrogens (tertiary/aromatic N) is 2. The Bertz CT molecular complexity index is 493. The van der Waals surface area contributed by atoms with Gasteiger partial charge in [-0.1, -0.05) is 13.8 Å². The number of hydrogen-bond donors (Lipinski definition) is 2. The average Bonchev–Trinajstić information content (AvgIpc) is 2.43. The van der Waals surface area contributed by atoms with E-state index in [1.165, 1.54) is 0 Å². The van der Waals surface area contributed by atoms with Crippen molar-refractivity contribution in [3.05, 3.63) is 23.4 Å². The first kappa shape index (κ1) is 16.2. The molecule has 0 unspecified atom stereocenters. The van der Waals surface area contributed by atoms with Crippen LogP contribution in [-0.2, 0) is 6.18 Å². The number of aromatic nitrogens is 1. The second-order valence-corrected chi connectivity index (χ2v) is 4.52. The molecule has 0 radical (unpaired) electrons. The standard InChI is InChI=1S/C13H17F3N4/c1-3-12(4-2,8-18)20-11-9(7-17)5-6-10(19-11)13(14,15)16/h5-6H,3-4,8,18H2,1-2H3,(H,19,20). The summed E-state index contributed by atoms with van der Waals surface area (Å²) < 4.78 is 38.1. The summed E-state index contributed by atoms with van der Waals surface area (Å²) >= 11 is 0. The largest absolute Gasteiger partial charge is 0.433 e.